The van der Waals surface area contributed by atoms with Crippen LogP contribution in [0.4, 0.5) is 0 Å². The topological polar surface area (TPSA) is 32.3 Å². The van der Waals surface area contributed by atoms with E-state index in [-0.39, 0.29) is 5.91 Å². The maximum absolute atomic E-state index is 11.6. The van der Waals surface area contributed by atoms with Crippen LogP contribution in [0.25, 0.3) is 0 Å². The van der Waals surface area contributed by atoms with E-state index in [0.717, 1.165) is 13.1 Å². The molecule has 1 saturated heterocycles. The number of hydrogen-bond donors (Lipinski definition) is 1. The molecule has 1 rings (SSSR count). The summed E-state index contributed by atoms with van der Waals surface area (Å²) in [6.07, 6.45) is 3.07. The molecule has 14 heavy (non-hydrogen) atoms. The summed E-state index contributed by atoms with van der Waals surface area (Å²) >= 11 is 0. The predicted octanol–water partition coefficient (Wildman–Crippen LogP) is 1.39. The van der Waals surface area contributed by atoms with Gasteiger partial charge in [-0.3, -0.25) is 4.79 Å². The first-order chi connectivity index (χ1) is 6.65. The van der Waals surface area contributed by atoms with E-state index in [9.17, 15) is 4.79 Å². The minimum absolute atomic E-state index is 0.272. The van der Waals surface area contributed by atoms with Crippen LogP contribution in [0.1, 0.15) is 40.0 Å². The smallest absolute Gasteiger partial charge is 0.222 e. The van der Waals surface area contributed by atoms with Crippen LogP contribution in [0, 0.1) is 0 Å². The van der Waals surface area contributed by atoms with Gasteiger partial charge in [0.1, 0.15) is 0 Å². The molecule has 3 nitrogen and oxygen atoms in total. The van der Waals surface area contributed by atoms with E-state index < -0.39 is 0 Å². The van der Waals surface area contributed by atoms with Gasteiger partial charge < -0.3 is 10.2 Å². The summed E-state index contributed by atoms with van der Waals surface area (Å²) in [6, 6.07) is 0.845. The Morgan fingerprint density at radius 3 is 2.71 bits per heavy atom. The van der Waals surface area contributed by atoms with Crippen molar-refractivity contribution < 1.29 is 4.79 Å². The van der Waals surface area contributed by atoms with Crippen LogP contribution in [0.3, 0.4) is 0 Å². The highest BCUT2D eigenvalue weighted by Gasteiger charge is 2.22. The quantitative estimate of drug-likeness (QED) is 0.740. The average molecular weight is 198 g/mol. The highest BCUT2D eigenvalue weighted by Crippen LogP contribution is 2.10. The largest absolute Gasteiger partial charge is 0.339 e. The van der Waals surface area contributed by atoms with Gasteiger partial charge in [0.2, 0.25) is 5.91 Å². The Balaban J connectivity index is 2.45. The second kappa shape index (κ2) is 5.35. The van der Waals surface area contributed by atoms with E-state index in [4.69, 9.17) is 0 Å². The van der Waals surface area contributed by atoms with E-state index >= 15 is 0 Å². The van der Waals surface area contributed by atoms with Gasteiger partial charge in [-0.25, -0.2) is 0 Å². The van der Waals surface area contributed by atoms with Crippen molar-refractivity contribution in [2.75, 3.05) is 13.1 Å². The van der Waals surface area contributed by atoms with Crippen LogP contribution in [-0.2, 0) is 4.79 Å². The summed E-state index contributed by atoms with van der Waals surface area (Å²) in [4.78, 5) is 13.6. The summed E-state index contributed by atoms with van der Waals surface area (Å²) in [5.74, 6) is 0.272. The SMILES string of the molecule is CCC(=O)N(CC1CCCN1)C(C)C. The van der Waals surface area contributed by atoms with E-state index in [0.29, 0.717) is 18.5 Å². The molecule has 3 heteroatoms. The third-order valence-electron chi connectivity index (χ3n) is 2.83. The second-order valence-corrected chi connectivity index (χ2v) is 4.29. The van der Waals surface area contributed by atoms with E-state index in [1.807, 2.05) is 11.8 Å². The Morgan fingerprint density at radius 1 is 1.57 bits per heavy atom. The highest BCUT2D eigenvalue weighted by atomic mass is 16.2. The molecule has 0 saturated carbocycles. The van der Waals surface area contributed by atoms with Crippen LogP contribution in [-0.4, -0.2) is 36.0 Å². The average Bonchev–Trinajstić information content (AvgIpc) is 2.65. The number of carbonyl (C=O) groups is 1. The first-order valence-electron chi connectivity index (χ1n) is 5.68. The zero-order valence-electron chi connectivity index (χ0n) is 9.55. The third kappa shape index (κ3) is 2.98. The molecule has 1 atom stereocenters. The van der Waals surface area contributed by atoms with Crippen molar-refractivity contribution in [3.05, 3.63) is 0 Å². The monoisotopic (exact) mass is 198 g/mol. The summed E-state index contributed by atoms with van der Waals surface area (Å²) in [5, 5.41) is 3.43. The Bertz CT molecular complexity index is 186. The molecule has 0 spiro atoms. The lowest BCUT2D eigenvalue weighted by Gasteiger charge is -2.29. The molecule has 1 N–H and O–H groups in total. The number of rotatable bonds is 4. The number of nitrogens with one attached hydrogen (secondary N) is 1. The van der Waals surface area contributed by atoms with Crippen molar-refractivity contribution in [3.8, 4) is 0 Å². The summed E-state index contributed by atoms with van der Waals surface area (Å²) < 4.78 is 0. The Morgan fingerprint density at radius 2 is 2.29 bits per heavy atom. The van der Waals surface area contributed by atoms with Gasteiger partial charge >= 0.3 is 0 Å². The maximum Gasteiger partial charge on any atom is 0.222 e. The van der Waals surface area contributed by atoms with Crippen molar-refractivity contribution in [2.24, 2.45) is 0 Å². The molecule has 1 aliphatic heterocycles. The zero-order chi connectivity index (χ0) is 10.6. The molecule has 0 aliphatic carbocycles. The number of carbonyl (C=O) groups excluding carboxylic acids is 1. The highest BCUT2D eigenvalue weighted by molar-refractivity contribution is 5.76. The fraction of sp³-hybridized carbons (Fsp3) is 0.909. The molecule has 0 aromatic heterocycles. The van der Waals surface area contributed by atoms with Crippen LogP contribution in [0.2, 0.25) is 0 Å². The van der Waals surface area contributed by atoms with Crippen LogP contribution >= 0.6 is 0 Å². The molecular formula is C11H22N2O. The van der Waals surface area contributed by atoms with Crippen LogP contribution < -0.4 is 5.32 Å². The normalized spacial score (nSPS) is 21.6. The van der Waals surface area contributed by atoms with Crippen molar-refractivity contribution in [1.82, 2.24) is 10.2 Å². The molecule has 0 radical (unpaired) electrons. The molecular weight excluding hydrogens is 176 g/mol. The van der Waals surface area contributed by atoms with Crippen LogP contribution in [0.5, 0.6) is 0 Å². The molecule has 1 aliphatic rings. The molecule has 1 fully saturated rings. The zero-order valence-corrected chi connectivity index (χ0v) is 9.55. The molecule has 1 heterocycles. The molecule has 0 bridgehead atoms. The fourth-order valence-electron chi connectivity index (χ4n) is 1.95. The second-order valence-electron chi connectivity index (χ2n) is 4.29. The van der Waals surface area contributed by atoms with Gasteiger partial charge in [0.05, 0.1) is 0 Å². The molecule has 0 aromatic carbocycles. The fourth-order valence-corrected chi connectivity index (χ4v) is 1.95. The van der Waals surface area contributed by atoms with E-state index in [1.165, 1.54) is 12.8 Å². The lowest BCUT2D eigenvalue weighted by atomic mass is 10.2. The molecule has 1 unspecified atom stereocenters. The number of amides is 1. The Hall–Kier alpha value is -0.570. The van der Waals surface area contributed by atoms with Gasteiger partial charge in [0.15, 0.2) is 0 Å². The van der Waals surface area contributed by atoms with E-state index in [2.05, 4.69) is 19.2 Å². The first kappa shape index (κ1) is 11.5. The van der Waals surface area contributed by atoms with Gasteiger partial charge in [-0.05, 0) is 33.2 Å². The third-order valence-corrected chi connectivity index (χ3v) is 2.83. The number of nitrogens with zero attached hydrogens (tertiary/aromatic N) is 1. The first-order valence-corrected chi connectivity index (χ1v) is 5.68. The minimum Gasteiger partial charge on any atom is -0.339 e. The lowest BCUT2D eigenvalue weighted by Crippen LogP contribution is -2.44. The Labute approximate surface area is 86.9 Å². The van der Waals surface area contributed by atoms with Crippen molar-refractivity contribution >= 4 is 5.91 Å². The standard InChI is InChI=1S/C11H22N2O/c1-4-11(14)13(9(2)3)8-10-6-5-7-12-10/h9-10,12H,4-8H2,1-3H3. The molecule has 1 amide bonds. The minimum atomic E-state index is 0.272. The van der Waals surface area contributed by atoms with Gasteiger partial charge in [0, 0.05) is 25.0 Å². The van der Waals surface area contributed by atoms with Crippen molar-refractivity contribution in [2.45, 2.75) is 52.1 Å². The summed E-state index contributed by atoms with van der Waals surface area (Å²) in [5.41, 5.74) is 0. The van der Waals surface area contributed by atoms with Crippen LogP contribution in [0.15, 0.2) is 0 Å². The molecule has 82 valence electrons. The maximum atomic E-state index is 11.6. The summed E-state index contributed by atoms with van der Waals surface area (Å²) in [7, 11) is 0. The Kier molecular flexibility index (Phi) is 4.39. The molecule has 0 aromatic rings. The predicted molar refractivity (Wildman–Crippen MR) is 58.2 cm³/mol. The lowest BCUT2D eigenvalue weighted by molar-refractivity contribution is -0.132. The van der Waals surface area contributed by atoms with Crippen molar-refractivity contribution in [3.63, 3.8) is 0 Å². The van der Waals surface area contributed by atoms with Crippen molar-refractivity contribution in [1.29, 1.82) is 0 Å². The number of hydrogen-bond acceptors (Lipinski definition) is 2. The van der Waals surface area contributed by atoms with Gasteiger partial charge in [0.25, 0.3) is 0 Å². The van der Waals surface area contributed by atoms with Gasteiger partial charge in [-0.2, -0.15) is 0 Å². The van der Waals surface area contributed by atoms with Gasteiger partial charge in [-0.15, -0.1) is 0 Å². The summed E-state index contributed by atoms with van der Waals surface area (Å²) in [6.45, 7) is 8.09. The van der Waals surface area contributed by atoms with Gasteiger partial charge in [-0.1, -0.05) is 6.92 Å². The van der Waals surface area contributed by atoms with E-state index in [1.54, 1.807) is 0 Å².